The molecule has 0 radical (unpaired) electrons. The van der Waals surface area contributed by atoms with Crippen LogP contribution in [0.25, 0.3) is 0 Å². The van der Waals surface area contributed by atoms with E-state index in [1.54, 1.807) is 0 Å². The average molecular weight is 522 g/mol. The summed E-state index contributed by atoms with van der Waals surface area (Å²) < 4.78 is 17.4. The summed E-state index contributed by atoms with van der Waals surface area (Å²) in [6.07, 6.45) is 2.78. The first-order valence-corrected chi connectivity index (χ1v) is 14.2. The van der Waals surface area contributed by atoms with Crippen molar-refractivity contribution in [1.29, 1.82) is 0 Å². The van der Waals surface area contributed by atoms with Gasteiger partial charge in [0.2, 0.25) is 0 Å². The van der Waals surface area contributed by atoms with Crippen LogP contribution in [0.1, 0.15) is 51.5 Å². The molecule has 3 fully saturated rings. The number of piperidine rings is 1. The SMILES string of the molecule is CC(C)(C)OC(=O)N(C1CCN(CCOc2ccc(N3CCOCC3)cc2)CC1)[C@@H]1C[C@H]1c1ccccc1. The summed E-state index contributed by atoms with van der Waals surface area (Å²) in [5, 5.41) is 0. The first kappa shape index (κ1) is 26.8. The number of amides is 1. The fourth-order valence-corrected chi connectivity index (χ4v) is 5.71. The van der Waals surface area contributed by atoms with E-state index in [0.717, 1.165) is 70.9 Å². The maximum absolute atomic E-state index is 13.3. The Hall–Kier alpha value is -2.77. The Morgan fingerprint density at radius 1 is 0.974 bits per heavy atom. The van der Waals surface area contributed by atoms with Gasteiger partial charge < -0.3 is 24.0 Å². The summed E-state index contributed by atoms with van der Waals surface area (Å²) >= 11 is 0. The van der Waals surface area contributed by atoms with E-state index in [1.807, 2.05) is 26.8 Å². The van der Waals surface area contributed by atoms with Gasteiger partial charge in [-0.1, -0.05) is 30.3 Å². The smallest absolute Gasteiger partial charge is 0.410 e. The molecular formula is C31H43N3O4. The fourth-order valence-electron chi connectivity index (χ4n) is 5.71. The molecule has 2 aromatic carbocycles. The van der Waals surface area contributed by atoms with Gasteiger partial charge in [-0.05, 0) is 69.9 Å². The maximum atomic E-state index is 13.3. The van der Waals surface area contributed by atoms with Crippen LogP contribution in [-0.4, -0.2) is 86.1 Å². The van der Waals surface area contributed by atoms with Gasteiger partial charge in [-0.2, -0.15) is 0 Å². The van der Waals surface area contributed by atoms with Gasteiger partial charge in [0.15, 0.2) is 0 Å². The molecule has 0 aromatic heterocycles. The lowest BCUT2D eigenvalue weighted by atomic mass is 10.0. The lowest BCUT2D eigenvalue weighted by Gasteiger charge is -2.39. The van der Waals surface area contributed by atoms with E-state index >= 15 is 0 Å². The van der Waals surface area contributed by atoms with Crippen molar-refractivity contribution in [2.24, 2.45) is 0 Å². The highest BCUT2D eigenvalue weighted by Crippen LogP contribution is 2.46. The molecule has 7 nitrogen and oxygen atoms in total. The van der Waals surface area contributed by atoms with Crippen LogP contribution >= 0.6 is 0 Å². The summed E-state index contributed by atoms with van der Waals surface area (Å²) in [7, 11) is 0. The Morgan fingerprint density at radius 3 is 2.32 bits per heavy atom. The lowest BCUT2D eigenvalue weighted by molar-refractivity contribution is 0.00475. The summed E-state index contributed by atoms with van der Waals surface area (Å²) in [5.41, 5.74) is 2.05. The standard InChI is InChI=1S/C31H43N3O4/c1-31(2,3)38-30(35)34(29-23-28(29)24-7-5-4-6-8-24)26-13-15-32(16-14-26)17-22-37-27-11-9-25(10-12-27)33-18-20-36-21-19-33/h4-12,26,28-29H,13-23H2,1-3H3/t28-,29+/m0/s1. The first-order chi connectivity index (χ1) is 18.4. The number of ether oxygens (including phenoxy) is 3. The van der Waals surface area contributed by atoms with Crippen molar-refractivity contribution in [1.82, 2.24) is 9.80 Å². The molecule has 206 valence electrons. The van der Waals surface area contributed by atoms with E-state index < -0.39 is 5.60 Å². The molecular weight excluding hydrogens is 478 g/mol. The molecule has 0 bridgehead atoms. The predicted molar refractivity (Wildman–Crippen MR) is 150 cm³/mol. The van der Waals surface area contributed by atoms with E-state index in [-0.39, 0.29) is 18.2 Å². The van der Waals surface area contributed by atoms with Crippen LogP contribution in [0.2, 0.25) is 0 Å². The third kappa shape index (κ3) is 7.00. The molecule has 3 aliphatic rings. The van der Waals surface area contributed by atoms with Gasteiger partial charge in [0.05, 0.1) is 13.2 Å². The Balaban J connectivity index is 1.10. The van der Waals surface area contributed by atoms with E-state index in [2.05, 4.69) is 63.2 Å². The normalized spacial score (nSPS) is 22.7. The number of hydrogen-bond acceptors (Lipinski definition) is 6. The van der Waals surface area contributed by atoms with Crippen LogP contribution < -0.4 is 9.64 Å². The lowest BCUT2D eigenvalue weighted by Crippen LogP contribution is -2.50. The maximum Gasteiger partial charge on any atom is 0.410 e. The molecule has 0 spiro atoms. The molecule has 2 aliphatic heterocycles. The quantitative estimate of drug-likeness (QED) is 0.478. The average Bonchev–Trinajstić information content (AvgIpc) is 3.70. The minimum atomic E-state index is -0.495. The van der Waals surface area contributed by atoms with Crippen LogP contribution in [-0.2, 0) is 9.47 Å². The molecule has 0 N–H and O–H groups in total. The zero-order valence-corrected chi connectivity index (χ0v) is 23.2. The summed E-state index contributed by atoms with van der Waals surface area (Å²) in [6.45, 7) is 12.8. The van der Waals surface area contributed by atoms with Crippen molar-refractivity contribution in [3.8, 4) is 5.75 Å². The van der Waals surface area contributed by atoms with Crippen LogP contribution in [0.3, 0.4) is 0 Å². The summed E-state index contributed by atoms with van der Waals surface area (Å²) in [4.78, 5) is 20.2. The summed E-state index contributed by atoms with van der Waals surface area (Å²) in [5.74, 6) is 1.32. The zero-order chi connectivity index (χ0) is 26.5. The molecule has 1 saturated carbocycles. The number of likely N-dealkylation sites (tertiary alicyclic amines) is 1. The second-order valence-corrected chi connectivity index (χ2v) is 11.7. The van der Waals surface area contributed by atoms with Crippen molar-refractivity contribution in [2.75, 3.05) is 57.4 Å². The number of nitrogens with zero attached hydrogens (tertiary/aromatic N) is 3. The van der Waals surface area contributed by atoms with Crippen molar-refractivity contribution in [3.63, 3.8) is 0 Å². The minimum absolute atomic E-state index is 0.164. The molecule has 2 aromatic rings. The first-order valence-electron chi connectivity index (χ1n) is 14.2. The fraction of sp³-hybridized carbons (Fsp3) is 0.581. The van der Waals surface area contributed by atoms with Crippen molar-refractivity contribution >= 4 is 11.8 Å². The number of rotatable bonds is 8. The van der Waals surface area contributed by atoms with Crippen molar-refractivity contribution < 1.29 is 19.0 Å². The number of anilines is 1. The summed E-state index contributed by atoms with van der Waals surface area (Å²) in [6, 6.07) is 19.4. The molecule has 5 rings (SSSR count). The Kier molecular flexibility index (Phi) is 8.44. The molecule has 0 unspecified atom stereocenters. The highest BCUT2D eigenvalue weighted by atomic mass is 16.6. The minimum Gasteiger partial charge on any atom is -0.492 e. The monoisotopic (exact) mass is 521 g/mol. The van der Waals surface area contributed by atoms with Crippen molar-refractivity contribution in [3.05, 3.63) is 60.2 Å². The topological polar surface area (TPSA) is 54.5 Å². The molecule has 2 saturated heterocycles. The number of hydrogen-bond donors (Lipinski definition) is 0. The second-order valence-electron chi connectivity index (χ2n) is 11.7. The van der Waals surface area contributed by atoms with Crippen LogP contribution in [0.4, 0.5) is 10.5 Å². The number of carbonyl (C=O) groups excluding carboxylic acids is 1. The third-order valence-electron chi connectivity index (χ3n) is 7.79. The second kappa shape index (κ2) is 12.0. The van der Waals surface area contributed by atoms with Gasteiger partial charge in [0, 0.05) is 56.4 Å². The molecule has 2 heterocycles. The van der Waals surface area contributed by atoms with Crippen LogP contribution in [0.5, 0.6) is 5.75 Å². The van der Waals surface area contributed by atoms with Crippen molar-refractivity contribution in [2.45, 2.75) is 63.6 Å². The predicted octanol–water partition coefficient (Wildman–Crippen LogP) is 5.16. The Morgan fingerprint density at radius 2 is 1.66 bits per heavy atom. The van der Waals surface area contributed by atoms with E-state index in [1.165, 1.54) is 11.3 Å². The highest BCUT2D eigenvalue weighted by molar-refractivity contribution is 5.70. The largest absolute Gasteiger partial charge is 0.492 e. The van der Waals surface area contributed by atoms with Gasteiger partial charge in [0.25, 0.3) is 0 Å². The zero-order valence-electron chi connectivity index (χ0n) is 23.2. The Bertz CT molecular complexity index is 1030. The van der Waals surface area contributed by atoms with Gasteiger partial charge in [-0.15, -0.1) is 0 Å². The Labute approximate surface area is 227 Å². The van der Waals surface area contributed by atoms with E-state index in [0.29, 0.717) is 12.5 Å². The molecule has 7 heteroatoms. The van der Waals surface area contributed by atoms with Gasteiger partial charge >= 0.3 is 6.09 Å². The highest BCUT2D eigenvalue weighted by Gasteiger charge is 2.48. The molecule has 2 atom stereocenters. The third-order valence-corrected chi connectivity index (χ3v) is 7.79. The number of carbonyl (C=O) groups is 1. The van der Waals surface area contributed by atoms with Gasteiger partial charge in [-0.3, -0.25) is 4.90 Å². The molecule has 1 amide bonds. The van der Waals surface area contributed by atoms with E-state index in [4.69, 9.17) is 14.2 Å². The van der Waals surface area contributed by atoms with Gasteiger partial charge in [0.1, 0.15) is 18.0 Å². The van der Waals surface area contributed by atoms with Crippen LogP contribution in [0.15, 0.2) is 54.6 Å². The molecule has 1 aliphatic carbocycles. The molecule has 38 heavy (non-hydrogen) atoms. The number of morpholine rings is 1. The van der Waals surface area contributed by atoms with Gasteiger partial charge in [-0.25, -0.2) is 4.79 Å². The number of benzene rings is 2. The van der Waals surface area contributed by atoms with E-state index in [9.17, 15) is 4.79 Å². The van der Waals surface area contributed by atoms with Crippen LogP contribution in [0, 0.1) is 0 Å².